The Hall–Kier alpha value is -3.05. The first kappa shape index (κ1) is 27.5. The second-order valence-electron chi connectivity index (χ2n) is 10.9. The second kappa shape index (κ2) is 10.8. The SMILES string of the molecule is CC(=O)N[C@@H]1C[C@@H](CO)N(C2CCN(C(=O)c3c(C)nc(-c4cccc(C(F)(F)F)c4)nc3C3CC3)CC2)C1. The van der Waals surface area contributed by atoms with Gasteiger partial charge in [-0.15, -0.1) is 0 Å². The van der Waals surface area contributed by atoms with E-state index in [1.807, 2.05) is 4.90 Å². The van der Waals surface area contributed by atoms with Gasteiger partial charge in [0, 0.05) is 56.2 Å². The van der Waals surface area contributed by atoms with Crippen LogP contribution in [0.5, 0.6) is 0 Å². The number of aliphatic hydroxyl groups is 1. The van der Waals surface area contributed by atoms with Gasteiger partial charge in [0.2, 0.25) is 5.91 Å². The van der Waals surface area contributed by atoms with Crippen molar-refractivity contribution < 1.29 is 27.9 Å². The van der Waals surface area contributed by atoms with Crippen LogP contribution in [-0.4, -0.2) is 81.1 Å². The van der Waals surface area contributed by atoms with Crippen LogP contribution in [-0.2, 0) is 11.0 Å². The number of piperidine rings is 1. The lowest BCUT2D eigenvalue weighted by atomic mass is 9.99. The van der Waals surface area contributed by atoms with Crippen LogP contribution in [0.1, 0.15) is 72.3 Å². The molecular weight excluding hydrogens is 511 g/mol. The van der Waals surface area contributed by atoms with E-state index < -0.39 is 11.7 Å². The second-order valence-corrected chi connectivity index (χ2v) is 10.9. The van der Waals surface area contributed by atoms with E-state index in [1.165, 1.54) is 13.0 Å². The van der Waals surface area contributed by atoms with Crippen LogP contribution in [0, 0.1) is 6.92 Å². The van der Waals surface area contributed by atoms with E-state index in [1.54, 1.807) is 13.0 Å². The third kappa shape index (κ3) is 5.94. The fourth-order valence-electron chi connectivity index (χ4n) is 5.99. The molecule has 8 nitrogen and oxygen atoms in total. The first-order chi connectivity index (χ1) is 18.5. The molecule has 11 heteroatoms. The van der Waals surface area contributed by atoms with E-state index in [4.69, 9.17) is 0 Å². The summed E-state index contributed by atoms with van der Waals surface area (Å²) in [6, 6.07) is 5.16. The molecule has 0 spiro atoms. The number of aryl methyl sites for hydroxylation is 1. The Bertz CT molecular complexity index is 1240. The molecular formula is C28H34F3N5O3. The topological polar surface area (TPSA) is 98.7 Å². The number of hydrogen-bond acceptors (Lipinski definition) is 6. The van der Waals surface area contributed by atoms with Gasteiger partial charge in [0.05, 0.1) is 29.1 Å². The Morgan fingerprint density at radius 1 is 1.13 bits per heavy atom. The lowest BCUT2D eigenvalue weighted by molar-refractivity contribution is -0.137. The smallest absolute Gasteiger partial charge is 0.395 e. The van der Waals surface area contributed by atoms with E-state index in [-0.39, 0.29) is 53.9 Å². The number of aromatic nitrogens is 2. The van der Waals surface area contributed by atoms with Gasteiger partial charge in [-0.25, -0.2) is 9.97 Å². The molecule has 0 unspecified atom stereocenters. The normalized spacial score (nSPS) is 22.8. The van der Waals surface area contributed by atoms with Crippen LogP contribution in [0.3, 0.4) is 0 Å². The van der Waals surface area contributed by atoms with Gasteiger partial charge < -0.3 is 15.3 Å². The van der Waals surface area contributed by atoms with Crippen molar-refractivity contribution in [2.75, 3.05) is 26.2 Å². The molecule has 2 saturated heterocycles. The number of likely N-dealkylation sites (tertiary alicyclic amines) is 2. The van der Waals surface area contributed by atoms with Crippen LogP contribution in [0.2, 0.25) is 0 Å². The zero-order valence-electron chi connectivity index (χ0n) is 22.2. The number of benzene rings is 1. The number of rotatable bonds is 6. The number of nitrogens with one attached hydrogen (secondary N) is 1. The maximum atomic E-state index is 13.7. The molecule has 1 aromatic heterocycles. The molecule has 1 saturated carbocycles. The summed E-state index contributed by atoms with van der Waals surface area (Å²) < 4.78 is 39.8. The van der Waals surface area contributed by atoms with Gasteiger partial charge in [0.15, 0.2) is 5.82 Å². The molecule has 3 aliphatic rings. The minimum atomic E-state index is -4.47. The van der Waals surface area contributed by atoms with Crippen molar-refractivity contribution in [3.05, 3.63) is 46.8 Å². The molecule has 0 radical (unpaired) electrons. The number of halogens is 3. The van der Waals surface area contributed by atoms with Crippen LogP contribution in [0.4, 0.5) is 13.2 Å². The molecule has 2 aromatic rings. The summed E-state index contributed by atoms with van der Waals surface area (Å²) in [6.45, 7) is 5.01. The van der Waals surface area contributed by atoms with Gasteiger partial charge in [0.1, 0.15) is 0 Å². The molecule has 3 heterocycles. The molecule has 39 heavy (non-hydrogen) atoms. The van der Waals surface area contributed by atoms with Crippen LogP contribution in [0.15, 0.2) is 24.3 Å². The Morgan fingerprint density at radius 2 is 1.85 bits per heavy atom. The zero-order valence-corrected chi connectivity index (χ0v) is 22.2. The molecule has 2 N–H and O–H groups in total. The van der Waals surface area contributed by atoms with Gasteiger partial charge in [-0.1, -0.05) is 12.1 Å². The average molecular weight is 546 g/mol. The standard InChI is InChI=1S/C28H34F3N5O3/c1-16-24(25(18-6-7-18)34-26(32-16)19-4-3-5-20(12-19)28(29,30)31)27(39)35-10-8-22(9-11-35)36-14-21(33-17(2)38)13-23(36)15-37/h3-5,12,18,21-23,37H,6-11,13-15H2,1-2H3,(H,33,38)/t21-,23+/m1/s1. The van der Waals surface area contributed by atoms with Crippen molar-refractivity contribution >= 4 is 11.8 Å². The minimum absolute atomic E-state index is 0.00977. The quantitative estimate of drug-likeness (QED) is 0.577. The van der Waals surface area contributed by atoms with E-state index in [9.17, 15) is 27.9 Å². The summed E-state index contributed by atoms with van der Waals surface area (Å²) in [5.74, 6) is 0.0868. The maximum absolute atomic E-state index is 13.7. The molecule has 210 valence electrons. The number of carbonyl (C=O) groups excluding carboxylic acids is 2. The number of hydrogen-bond donors (Lipinski definition) is 2. The van der Waals surface area contributed by atoms with Crippen molar-refractivity contribution in [2.24, 2.45) is 0 Å². The predicted molar refractivity (Wildman–Crippen MR) is 138 cm³/mol. The van der Waals surface area contributed by atoms with E-state index in [0.717, 1.165) is 37.8 Å². The van der Waals surface area contributed by atoms with Crippen molar-refractivity contribution in [2.45, 2.75) is 76.2 Å². The van der Waals surface area contributed by atoms with Crippen molar-refractivity contribution in [1.29, 1.82) is 0 Å². The van der Waals surface area contributed by atoms with Gasteiger partial charge in [-0.2, -0.15) is 13.2 Å². The van der Waals surface area contributed by atoms with E-state index in [0.29, 0.717) is 43.0 Å². The highest BCUT2D eigenvalue weighted by atomic mass is 19.4. The molecule has 1 aromatic carbocycles. The third-order valence-electron chi connectivity index (χ3n) is 8.04. The van der Waals surface area contributed by atoms with Crippen LogP contribution in [0.25, 0.3) is 11.4 Å². The van der Waals surface area contributed by atoms with Crippen molar-refractivity contribution in [1.82, 2.24) is 25.1 Å². The Kier molecular flexibility index (Phi) is 7.65. The monoisotopic (exact) mass is 545 g/mol. The predicted octanol–water partition coefficient (Wildman–Crippen LogP) is 3.52. The Balaban J connectivity index is 1.32. The van der Waals surface area contributed by atoms with E-state index >= 15 is 0 Å². The van der Waals surface area contributed by atoms with Gasteiger partial charge >= 0.3 is 6.18 Å². The lowest BCUT2D eigenvalue weighted by Crippen LogP contribution is -2.49. The number of aliphatic hydroxyl groups excluding tert-OH is 1. The largest absolute Gasteiger partial charge is 0.416 e. The summed E-state index contributed by atoms with van der Waals surface area (Å²) in [5.41, 5.74) is 1.08. The fourth-order valence-corrected chi connectivity index (χ4v) is 5.99. The van der Waals surface area contributed by atoms with Gasteiger partial charge in [0.25, 0.3) is 5.91 Å². The number of carbonyl (C=O) groups is 2. The highest BCUT2D eigenvalue weighted by Gasteiger charge is 2.39. The minimum Gasteiger partial charge on any atom is -0.395 e. The van der Waals surface area contributed by atoms with Crippen molar-refractivity contribution in [3.63, 3.8) is 0 Å². The van der Waals surface area contributed by atoms with Crippen molar-refractivity contribution in [3.8, 4) is 11.4 Å². The van der Waals surface area contributed by atoms with Gasteiger partial charge in [-0.05, 0) is 51.2 Å². The first-order valence-electron chi connectivity index (χ1n) is 13.5. The molecule has 2 atom stereocenters. The number of nitrogens with zero attached hydrogens (tertiary/aromatic N) is 4. The lowest BCUT2D eigenvalue weighted by Gasteiger charge is -2.39. The molecule has 5 rings (SSSR count). The maximum Gasteiger partial charge on any atom is 0.416 e. The molecule has 2 aliphatic heterocycles. The summed E-state index contributed by atoms with van der Waals surface area (Å²) in [4.78, 5) is 38.4. The summed E-state index contributed by atoms with van der Waals surface area (Å²) >= 11 is 0. The highest BCUT2D eigenvalue weighted by molar-refractivity contribution is 5.97. The van der Waals surface area contributed by atoms with Crippen LogP contribution >= 0.6 is 0 Å². The summed E-state index contributed by atoms with van der Waals surface area (Å²) in [7, 11) is 0. The summed E-state index contributed by atoms with van der Waals surface area (Å²) in [6.07, 6.45) is -0.508. The number of alkyl halides is 3. The molecule has 1 aliphatic carbocycles. The Labute approximate surface area is 225 Å². The van der Waals surface area contributed by atoms with Gasteiger partial charge in [-0.3, -0.25) is 14.5 Å². The molecule has 0 bridgehead atoms. The van der Waals surface area contributed by atoms with E-state index in [2.05, 4.69) is 20.2 Å². The highest BCUT2D eigenvalue weighted by Crippen LogP contribution is 2.42. The fraction of sp³-hybridized carbons (Fsp3) is 0.571. The zero-order chi connectivity index (χ0) is 27.9. The molecule has 2 amide bonds. The average Bonchev–Trinajstić information content (AvgIpc) is 3.67. The molecule has 3 fully saturated rings. The number of amides is 2. The Morgan fingerprint density at radius 3 is 2.46 bits per heavy atom. The third-order valence-corrected chi connectivity index (χ3v) is 8.04. The van der Waals surface area contributed by atoms with Crippen LogP contribution < -0.4 is 5.32 Å². The first-order valence-corrected chi connectivity index (χ1v) is 13.5. The summed E-state index contributed by atoms with van der Waals surface area (Å²) in [5, 5.41) is 12.9.